The van der Waals surface area contributed by atoms with Crippen LogP contribution < -0.4 is 0 Å². The number of methoxy groups -OCH3 is 1. The van der Waals surface area contributed by atoms with Crippen LogP contribution in [0.15, 0.2) is 0 Å². The molecule has 0 N–H and O–H groups in total. The van der Waals surface area contributed by atoms with Gasteiger partial charge in [-0.05, 0) is 18.3 Å². The molecule has 1 aliphatic heterocycles. The van der Waals surface area contributed by atoms with E-state index < -0.39 is 0 Å². The zero-order valence-corrected chi connectivity index (χ0v) is 9.14. The van der Waals surface area contributed by atoms with E-state index in [0.717, 1.165) is 13.2 Å². The molecule has 0 unspecified atom stereocenters. The van der Waals surface area contributed by atoms with Crippen molar-refractivity contribution in [2.75, 3.05) is 20.3 Å². The first-order valence-corrected chi connectivity index (χ1v) is 5.06. The molecule has 2 nitrogen and oxygen atoms in total. The summed E-state index contributed by atoms with van der Waals surface area (Å²) in [7, 11) is 1.84. The van der Waals surface area contributed by atoms with Crippen molar-refractivity contribution >= 4 is 0 Å². The first-order valence-electron chi connectivity index (χ1n) is 5.06. The Bertz CT molecular complexity index is 203. The van der Waals surface area contributed by atoms with E-state index in [1.807, 2.05) is 7.11 Å². The van der Waals surface area contributed by atoms with Crippen molar-refractivity contribution in [3.63, 3.8) is 0 Å². The van der Waals surface area contributed by atoms with Gasteiger partial charge in [-0.15, -0.1) is 0 Å². The first kappa shape index (κ1) is 9.47. The Morgan fingerprint density at radius 2 is 1.69 bits per heavy atom. The van der Waals surface area contributed by atoms with Gasteiger partial charge in [-0.1, -0.05) is 20.8 Å². The maximum atomic E-state index is 5.71. The lowest BCUT2D eigenvalue weighted by molar-refractivity contribution is -0.279. The quantitative estimate of drug-likeness (QED) is 0.622. The van der Waals surface area contributed by atoms with Gasteiger partial charge in [-0.2, -0.15) is 0 Å². The van der Waals surface area contributed by atoms with Crippen LogP contribution in [0.4, 0.5) is 0 Å². The van der Waals surface area contributed by atoms with Gasteiger partial charge in [0.15, 0.2) is 0 Å². The number of ether oxygens (including phenoxy) is 2. The van der Waals surface area contributed by atoms with Crippen LogP contribution in [-0.4, -0.2) is 25.9 Å². The third kappa shape index (κ3) is 1.15. The molecule has 0 bridgehead atoms. The topological polar surface area (TPSA) is 18.5 Å². The fourth-order valence-corrected chi connectivity index (χ4v) is 2.74. The van der Waals surface area contributed by atoms with Crippen LogP contribution in [0.2, 0.25) is 0 Å². The molecule has 0 amide bonds. The summed E-state index contributed by atoms with van der Waals surface area (Å²) in [4.78, 5) is 0. The molecule has 2 aliphatic rings. The Hall–Kier alpha value is -0.0800. The Morgan fingerprint density at radius 1 is 1.15 bits per heavy atom. The minimum atomic E-state index is 0.108. The average Bonchev–Trinajstić information content (AvgIpc) is 1.79. The van der Waals surface area contributed by atoms with E-state index in [-0.39, 0.29) is 11.0 Å². The van der Waals surface area contributed by atoms with Gasteiger partial charge in [0.1, 0.15) is 0 Å². The van der Waals surface area contributed by atoms with Crippen LogP contribution in [0, 0.1) is 10.8 Å². The van der Waals surface area contributed by atoms with Crippen LogP contribution in [0.3, 0.4) is 0 Å². The van der Waals surface area contributed by atoms with Crippen molar-refractivity contribution in [1.29, 1.82) is 0 Å². The average molecular weight is 184 g/mol. The molecule has 2 rings (SSSR count). The minimum Gasteiger partial charge on any atom is -0.380 e. The van der Waals surface area contributed by atoms with Crippen molar-refractivity contribution in [2.45, 2.75) is 39.2 Å². The third-order valence-corrected chi connectivity index (χ3v) is 3.90. The third-order valence-electron chi connectivity index (χ3n) is 3.90. The molecule has 0 atom stereocenters. The summed E-state index contributed by atoms with van der Waals surface area (Å²) >= 11 is 0. The van der Waals surface area contributed by atoms with Gasteiger partial charge in [0.05, 0.1) is 18.8 Å². The first-order chi connectivity index (χ1) is 5.93. The monoisotopic (exact) mass is 184 g/mol. The predicted octanol–water partition coefficient (Wildman–Crippen LogP) is 2.23. The Morgan fingerprint density at radius 3 is 1.92 bits per heavy atom. The molecular formula is C11H20O2. The lowest BCUT2D eigenvalue weighted by Crippen LogP contribution is -2.66. The molecule has 2 fully saturated rings. The molecule has 0 aromatic carbocycles. The van der Waals surface area contributed by atoms with Gasteiger partial charge in [-0.3, -0.25) is 0 Å². The Balaban J connectivity index is 2.06. The molecule has 1 saturated carbocycles. The number of hydrogen-bond acceptors (Lipinski definition) is 2. The van der Waals surface area contributed by atoms with E-state index in [0.29, 0.717) is 5.41 Å². The van der Waals surface area contributed by atoms with Gasteiger partial charge >= 0.3 is 0 Å². The number of hydrogen-bond donors (Lipinski definition) is 0. The zero-order chi connectivity index (χ0) is 9.74. The highest BCUT2D eigenvalue weighted by molar-refractivity contribution is 5.12. The van der Waals surface area contributed by atoms with E-state index in [1.165, 1.54) is 12.8 Å². The van der Waals surface area contributed by atoms with Crippen LogP contribution in [0.1, 0.15) is 33.6 Å². The second kappa shape index (κ2) is 2.48. The van der Waals surface area contributed by atoms with Gasteiger partial charge in [0.2, 0.25) is 0 Å². The summed E-state index contributed by atoms with van der Waals surface area (Å²) < 4.78 is 11.0. The van der Waals surface area contributed by atoms with Gasteiger partial charge in [0, 0.05) is 12.5 Å². The van der Waals surface area contributed by atoms with Gasteiger partial charge in [0.25, 0.3) is 0 Å². The summed E-state index contributed by atoms with van der Waals surface area (Å²) in [6.45, 7) is 8.71. The molecular weight excluding hydrogens is 164 g/mol. The molecule has 0 aromatic heterocycles. The highest BCUT2D eigenvalue weighted by atomic mass is 16.5. The number of rotatable bonds is 1. The normalized spacial score (nSPS) is 29.5. The molecule has 13 heavy (non-hydrogen) atoms. The summed E-state index contributed by atoms with van der Waals surface area (Å²) in [6, 6.07) is 0. The zero-order valence-electron chi connectivity index (χ0n) is 9.14. The molecule has 1 aliphatic carbocycles. The summed E-state index contributed by atoms with van der Waals surface area (Å²) in [5.41, 5.74) is 0.850. The smallest absolute Gasteiger partial charge is 0.0740 e. The maximum absolute atomic E-state index is 5.71. The van der Waals surface area contributed by atoms with Crippen LogP contribution in [0.25, 0.3) is 0 Å². The van der Waals surface area contributed by atoms with Gasteiger partial charge in [-0.25, -0.2) is 0 Å². The van der Waals surface area contributed by atoms with Crippen molar-refractivity contribution in [3.05, 3.63) is 0 Å². The van der Waals surface area contributed by atoms with Crippen molar-refractivity contribution in [1.82, 2.24) is 0 Å². The summed E-state index contributed by atoms with van der Waals surface area (Å²) in [6.07, 6.45) is 2.36. The molecule has 0 radical (unpaired) electrons. The molecule has 1 spiro atoms. The fourth-order valence-electron chi connectivity index (χ4n) is 2.74. The molecule has 0 aromatic rings. The standard InChI is InChI=1S/C11H20O2/c1-9(2,3)11(12-4)5-10(6-11)7-13-8-10/h5-8H2,1-4H3. The Labute approximate surface area is 80.6 Å². The van der Waals surface area contributed by atoms with Crippen LogP contribution >= 0.6 is 0 Å². The predicted molar refractivity (Wildman–Crippen MR) is 51.7 cm³/mol. The Kier molecular flexibility index (Phi) is 1.81. The highest BCUT2D eigenvalue weighted by Crippen LogP contribution is 2.60. The fraction of sp³-hybridized carbons (Fsp3) is 1.00. The second-order valence-corrected chi connectivity index (χ2v) is 5.79. The van der Waals surface area contributed by atoms with Crippen LogP contribution in [0.5, 0.6) is 0 Å². The van der Waals surface area contributed by atoms with E-state index >= 15 is 0 Å². The van der Waals surface area contributed by atoms with E-state index in [2.05, 4.69) is 20.8 Å². The SMILES string of the molecule is COC1(C(C)(C)C)CC2(COC2)C1. The maximum Gasteiger partial charge on any atom is 0.0740 e. The molecule has 2 heteroatoms. The summed E-state index contributed by atoms with van der Waals surface area (Å²) in [5.74, 6) is 0. The molecule has 76 valence electrons. The lowest BCUT2D eigenvalue weighted by Gasteiger charge is -2.64. The van der Waals surface area contributed by atoms with E-state index in [9.17, 15) is 0 Å². The van der Waals surface area contributed by atoms with Gasteiger partial charge < -0.3 is 9.47 Å². The van der Waals surface area contributed by atoms with Crippen molar-refractivity contribution in [2.24, 2.45) is 10.8 Å². The van der Waals surface area contributed by atoms with Crippen molar-refractivity contribution < 1.29 is 9.47 Å². The molecule has 1 heterocycles. The highest BCUT2D eigenvalue weighted by Gasteiger charge is 2.63. The van der Waals surface area contributed by atoms with Crippen molar-refractivity contribution in [3.8, 4) is 0 Å². The lowest BCUT2D eigenvalue weighted by atomic mass is 9.50. The minimum absolute atomic E-state index is 0.108. The van der Waals surface area contributed by atoms with Crippen LogP contribution in [-0.2, 0) is 9.47 Å². The molecule has 1 saturated heterocycles. The largest absolute Gasteiger partial charge is 0.380 e. The van der Waals surface area contributed by atoms with E-state index in [1.54, 1.807) is 0 Å². The second-order valence-electron chi connectivity index (χ2n) is 5.79. The summed E-state index contributed by atoms with van der Waals surface area (Å²) in [5, 5.41) is 0. The van der Waals surface area contributed by atoms with E-state index in [4.69, 9.17) is 9.47 Å².